The monoisotopic (exact) mass is 234 g/mol. The van der Waals surface area contributed by atoms with Crippen LogP contribution < -0.4 is 4.74 Å². The second-order valence-electron chi connectivity index (χ2n) is 3.59. The van der Waals surface area contributed by atoms with Crippen molar-refractivity contribution in [3.8, 4) is 5.75 Å². The van der Waals surface area contributed by atoms with Crippen LogP contribution in [0, 0.1) is 6.92 Å². The van der Waals surface area contributed by atoms with Crippen molar-refractivity contribution in [2.24, 2.45) is 0 Å². The molecule has 0 aliphatic heterocycles. The van der Waals surface area contributed by atoms with Gasteiger partial charge >= 0.3 is 5.97 Å². The number of carboxylic acids is 1. The molecular weight excluding hydrogens is 224 g/mol. The summed E-state index contributed by atoms with van der Waals surface area (Å²) in [5.74, 6) is -1.45. The second-order valence-corrected chi connectivity index (χ2v) is 3.59. The van der Waals surface area contributed by atoms with Crippen molar-refractivity contribution in [1.29, 1.82) is 0 Å². The molecule has 0 bridgehead atoms. The first-order valence-electron chi connectivity index (χ1n) is 4.88. The molecule has 0 unspecified atom stereocenters. The van der Waals surface area contributed by atoms with Gasteiger partial charge in [0, 0.05) is 10.9 Å². The molecule has 0 fully saturated rings. The van der Waals surface area contributed by atoms with Crippen molar-refractivity contribution in [1.82, 2.24) is 0 Å². The van der Waals surface area contributed by atoms with E-state index in [9.17, 15) is 9.59 Å². The van der Waals surface area contributed by atoms with Gasteiger partial charge in [-0.3, -0.25) is 4.79 Å². The number of ether oxygens (including phenoxy) is 1. The second kappa shape index (κ2) is 3.93. The molecule has 0 atom stereocenters. The zero-order chi connectivity index (χ0) is 12.6. The van der Waals surface area contributed by atoms with Crippen LogP contribution in [0.1, 0.15) is 16.1 Å². The van der Waals surface area contributed by atoms with Gasteiger partial charge in [0.1, 0.15) is 5.76 Å². The molecule has 2 rings (SSSR count). The van der Waals surface area contributed by atoms with Crippen LogP contribution in [0.2, 0.25) is 0 Å². The third kappa shape index (κ3) is 1.87. The average Bonchev–Trinajstić information content (AvgIpc) is 2.66. The SMILES string of the molecule is COc1cc(C(=O)C(=O)O)cc2cc(C)oc12. The number of rotatable bonds is 3. The smallest absolute Gasteiger partial charge is 0.377 e. The van der Waals surface area contributed by atoms with Crippen LogP contribution in [0.15, 0.2) is 22.6 Å². The number of furan rings is 1. The number of aliphatic carboxylic acids is 1. The van der Waals surface area contributed by atoms with E-state index in [1.165, 1.54) is 19.2 Å². The summed E-state index contributed by atoms with van der Waals surface area (Å²) in [6, 6.07) is 4.56. The van der Waals surface area contributed by atoms with Gasteiger partial charge in [0.05, 0.1) is 7.11 Å². The van der Waals surface area contributed by atoms with Crippen LogP contribution in [0.5, 0.6) is 5.75 Å². The summed E-state index contributed by atoms with van der Waals surface area (Å²) in [7, 11) is 1.43. The minimum absolute atomic E-state index is 0.0719. The maximum atomic E-state index is 11.4. The number of Topliss-reactive ketones (excluding diaryl/α,β-unsaturated/α-hetero) is 1. The molecule has 2 aromatic rings. The molecule has 5 heteroatoms. The Hall–Kier alpha value is -2.30. The topological polar surface area (TPSA) is 76.7 Å². The summed E-state index contributed by atoms with van der Waals surface area (Å²) >= 11 is 0. The van der Waals surface area contributed by atoms with Gasteiger partial charge in [-0.15, -0.1) is 0 Å². The van der Waals surface area contributed by atoms with Gasteiger partial charge in [0.15, 0.2) is 11.3 Å². The van der Waals surface area contributed by atoms with Crippen molar-refractivity contribution in [2.45, 2.75) is 6.92 Å². The number of carbonyl (C=O) groups is 2. The van der Waals surface area contributed by atoms with Crippen molar-refractivity contribution in [3.05, 3.63) is 29.5 Å². The Bertz CT molecular complexity index is 609. The zero-order valence-corrected chi connectivity index (χ0v) is 9.31. The number of benzene rings is 1. The molecule has 1 aromatic heterocycles. The predicted octanol–water partition coefficient (Wildman–Crippen LogP) is 2.02. The summed E-state index contributed by atoms with van der Waals surface area (Å²) in [6.45, 7) is 1.76. The highest BCUT2D eigenvalue weighted by molar-refractivity contribution is 6.40. The number of methoxy groups -OCH3 is 1. The molecule has 1 aromatic carbocycles. The highest BCUT2D eigenvalue weighted by Gasteiger charge is 2.18. The summed E-state index contributed by atoms with van der Waals surface area (Å²) in [6.07, 6.45) is 0. The molecule has 0 saturated heterocycles. The van der Waals surface area contributed by atoms with Crippen LogP contribution in [0.25, 0.3) is 11.0 Å². The first-order chi connectivity index (χ1) is 8.02. The van der Waals surface area contributed by atoms with E-state index in [1.54, 1.807) is 13.0 Å². The zero-order valence-electron chi connectivity index (χ0n) is 9.31. The van der Waals surface area contributed by atoms with Crippen LogP contribution in [-0.2, 0) is 4.79 Å². The van der Waals surface area contributed by atoms with Crippen molar-refractivity contribution in [2.75, 3.05) is 7.11 Å². The van der Waals surface area contributed by atoms with Gasteiger partial charge in [-0.05, 0) is 25.1 Å². The fourth-order valence-corrected chi connectivity index (χ4v) is 1.66. The van der Waals surface area contributed by atoms with E-state index >= 15 is 0 Å². The normalized spacial score (nSPS) is 10.5. The quantitative estimate of drug-likeness (QED) is 0.649. The molecule has 1 heterocycles. The highest BCUT2D eigenvalue weighted by atomic mass is 16.5. The Morgan fingerprint density at radius 3 is 2.59 bits per heavy atom. The van der Waals surface area contributed by atoms with Crippen LogP contribution in [0.4, 0.5) is 0 Å². The van der Waals surface area contributed by atoms with Crippen molar-refractivity contribution in [3.63, 3.8) is 0 Å². The number of ketones is 1. The number of carboxylic acid groups (broad SMARTS) is 1. The Morgan fingerprint density at radius 2 is 2.00 bits per heavy atom. The number of hydrogen-bond donors (Lipinski definition) is 1. The molecule has 1 N–H and O–H groups in total. The molecular formula is C12H10O5. The maximum absolute atomic E-state index is 11.4. The number of aryl methyl sites for hydroxylation is 1. The van der Waals surface area contributed by atoms with E-state index in [1.807, 2.05) is 0 Å². The van der Waals surface area contributed by atoms with E-state index in [-0.39, 0.29) is 5.56 Å². The van der Waals surface area contributed by atoms with E-state index < -0.39 is 11.8 Å². The van der Waals surface area contributed by atoms with Crippen LogP contribution in [0.3, 0.4) is 0 Å². The Labute approximate surface area is 96.6 Å². The molecule has 88 valence electrons. The Balaban J connectivity index is 2.67. The van der Waals surface area contributed by atoms with Gasteiger partial charge in [-0.2, -0.15) is 0 Å². The molecule has 0 aliphatic carbocycles. The molecule has 0 radical (unpaired) electrons. The van der Waals surface area contributed by atoms with Crippen molar-refractivity contribution < 1.29 is 23.8 Å². The predicted molar refractivity (Wildman–Crippen MR) is 59.5 cm³/mol. The average molecular weight is 234 g/mol. The molecule has 17 heavy (non-hydrogen) atoms. The Morgan fingerprint density at radius 1 is 1.29 bits per heavy atom. The minimum Gasteiger partial charge on any atom is -0.493 e. The van der Waals surface area contributed by atoms with Gasteiger partial charge in [0.2, 0.25) is 0 Å². The minimum atomic E-state index is -1.49. The third-order valence-electron chi connectivity index (χ3n) is 2.38. The van der Waals surface area contributed by atoms with Gasteiger partial charge in [0.25, 0.3) is 5.78 Å². The molecule has 0 spiro atoms. The summed E-state index contributed by atoms with van der Waals surface area (Å²) in [5, 5.41) is 9.31. The van der Waals surface area contributed by atoms with Crippen LogP contribution in [-0.4, -0.2) is 24.0 Å². The largest absolute Gasteiger partial charge is 0.493 e. The lowest BCUT2D eigenvalue weighted by Gasteiger charge is -2.03. The van der Waals surface area contributed by atoms with E-state index in [4.69, 9.17) is 14.3 Å². The number of hydrogen-bond acceptors (Lipinski definition) is 4. The van der Waals surface area contributed by atoms with E-state index in [2.05, 4.69) is 0 Å². The fourth-order valence-electron chi connectivity index (χ4n) is 1.66. The molecule has 0 saturated carbocycles. The standard InChI is InChI=1S/C12H10O5/c1-6-3-8-4-7(10(13)12(14)15)5-9(16-2)11(8)17-6/h3-5H,1-2H3,(H,14,15). The molecule has 5 nitrogen and oxygen atoms in total. The van der Waals surface area contributed by atoms with Gasteiger partial charge in [-0.1, -0.05) is 0 Å². The Kier molecular flexibility index (Phi) is 2.59. The fraction of sp³-hybridized carbons (Fsp3) is 0.167. The number of carbonyl (C=O) groups excluding carboxylic acids is 1. The molecule has 0 aliphatic rings. The van der Waals surface area contributed by atoms with Gasteiger partial charge in [-0.25, -0.2) is 4.79 Å². The maximum Gasteiger partial charge on any atom is 0.377 e. The summed E-state index contributed by atoms with van der Waals surface area (Å²) < 4.78 is 10.5. The third-order valence-corrected chi connectivity index (χ3v) is 2.38. The highest BCUT2D eigenvalue weighted by Crippen LogP contribution is 2.30. The first kappa shape index (κ1) is 11.2. The summed E-state index contributed by atoms with van der Waals surface area (Å²) in [4.78, 5) is 22.0. The number of fused-ring (bicyclic) bond motifs is 1. The molecule has 0 amide bonds. The first-order valence-corrected chi connectivity index (χ1v) is 4.88. The lowest BCUT2D eigenvalue weighted by Crippen LogP contribution is -2.12. The lowest BCUT2D eigenvalue weighted by molar-refractivity contribution is -0.131. The van der Waals surface area contributed by atoms with E-state index in [0.717, 1.165) is 0 Å². The van der Waals surface area contributed by atoms with E-state index in [0.29, 0.717) is 22.5 Å². The van der Waals surface area contributed by atoms with Gasteiger partial charge < -0.3 is 14.3 Å². The summed E-state index contributed by atoms with van der Waals surface area (Å²) in [5.41, 5.74) is 0.578. The lowest BCUT2D eigenvalue weighted by atomic mass is 10.1. The van der Waals surface area contributed by atoms with Crippen molar-refractivity contribution >= 4 is 22.7 Å². The van der Waals surface area contributed by atoms with Crippen LogP contribution >= 0.6 is 0 Å².